The van der Waals surface area contributed by atoms with Crippen LogP contribution in [0.3, 0.4) is 0 Å². The van der Waals surface area contributed by atoms with Gasteiger partial charge in [-0.15, -0.1) is 0 Å². The molecule has 7 heteroatoms. The van der Waals surface area contributed by atoms with Gasteiger partial charge < -0.3 is 24.4 Å². The molecule has 1 fully saturated rings. The van der Waals surface area contributed by atoms with Crippen molar-refractivity contribution in [1.29, 1.82) is 0 Å². The van der Waals surface area contributed by atoms with Crippen molar-refractivity contribution in [2.75, 3.05) is 63.8 Å². The lowest BCUT2D eigenvalue weighted by Crippen LogP contribution is -2.38. The molecule has 1 N–H and O–H groups in total. The quantitative estimate of drug-likeness (QED) is 0.749. The Balaban J connectivity index is 1.37. The van der Waals surface area contributed by atoms with Gasteiger partial charge in [0, 0.05) is 61.8 Å². The zero-order valence-electron chi connectivity index (χ0n) is 17.9. The van der Waals surface area contributed by atoms with Gasteiger partial charge in [0.1, 0.15) is 24.7 Å². The van der Waals surface area contributed by atoms with Crippen LogP contribution in [0.5, 0.6) is 5.75 Å². The molecule has 162 valence electrons. The lowest BCUT2D eigenvalue weighted by Gasteiger charge is -2.26. The number of morpholine rings is 1. The van der Waals surface area contributed by atoms with Crippen LogP contribution in [-0.4, -0.2) is 64.4 Å². The van der Waals surface area contributed by atoms with Gasteiger partial charge in [-0.05, 0) is 36.4 Å². The Morgan fingerprint density at radius 1 is 1.10 bits per heavy atom. The Morgan fingerprint density at radius 2 is 1.94 bits per heavy atom. The maximum Gasteiger partial charge on any atom is 0.260 e. The summed E-state index contributed by atoms with van der Waals surface area (Å²) in [6.07, 6.45) is 0. The van der Waals surface area contributed by atoms with Crippen molar-refractivity contribution in [3.05, 3.63) is 53.1 Å². The predicted molar refractivity (Wildman–Crippen MR) is 120 cm³/mol. The fraction of sp³-hybridized carbons (Fsp3) is 0.375. The fourth-order valence-electron chi connectivity index (χ4n) is 4.21. The number of amides is 1. The van der Waals surface area contributed by atoms with E-state index in [4.69, 9.17) is 14.2 Å². The van der Waals surface area contributed by atoms with E-state index in [1.807, 2.05) is 55.4 Å². The number of anilines is 2. The highest BCUT2D eigenvalue weighted by atomic mass is 16.5. The molecule has 3 aliphatic rings. The van der Waals surface area contributed by atoms with E-state index in [1.54, 1.807) is 0 Å². The predicted octanol–water partition coefficient (Wildman–Crippen LogP) is 2.81. The van der Waals surface area contributed by atoms with Gasteiger partial charge in [-0.25, -0.2) is 0 Å². The molecule has 2 aromatic carbocycles. The van der Waals surface area contributed by atoms with Crippen molar-refractivity contribution in [3.63, 3.8) is 0 Å². The summed E-state index contributed by atoms with van der Waals surface area (Å²) in [6, 6.07) is 11.9. The average Bonchev–Trinajstić information content (AvgIpc) is 3.33. The van der Waals surface area contributed by atoms with Gasteiger partial charge in [-0.3, -0.25) is 9.69 Å². The molecule has 0 atom stereocenters. The number of nitrogens with zero attached hydrogens (tertiary/aromatic N) is 2. The normalized spacial score (nSPS) is 20.1. The molecule has 3 aliphatic heterocycles. The molecule has 1 saturated heterocycles. The highest BCUT2D eigenvalue weighted by molar-refractivity contribution is 6.36. The molecule has 0 saturated carbocycles. The summed E-state index contributed by atoms with van der Waals surface area (Å²) in [7, 11) is 3.97. The minimum absolute atomic E-state index is 0.125. The lowest BCUT2D eigenvalue weighted by molar-refractivity contribution is -0.110. The Bertz CT molecular complexity index is 1040. The first kappa shape index (κ1) is 19.9. The van der Waals surface area contributed by atoms with Crippen LogP contribution in [-0.2, 0) is 20.9 Å². The third kappa shape index (κ3) is 3.86. The second-order valence-electron chi connectivity index (χ2n) is 8.19. The summed E-state index contributed by atoms with van der Waals surface area (Å²) in [4.78, 5) is 17.1. The van der Waals surface area contributed by atoms with E-state index in [-0.39, 0.29) is 5.91 Å². The van der Waals surface area contributed by atoms with Crippen LogP contribution in [0, 0.1) is 0 Å². The minimum Gasteiger partial charge on any atom is -0.492 e. The maximum absolute atomic E-state index is 12.8. The zero-order valence-corrected chi connectivity index (χ0v) is 17.9. The summed E-state index contributed by atoms with van der Waals surface area (Å²) >= 11 is 0. The summed E-state index contributed by atoms with van der Waals surface area (Å²) in [5, 5.41) is 2.96. The topological polar surface area (TPSA) is 63.3 Å². The second kappa shape index (κ2) is 8.24. The third-order valence-corrected chi connectivity index (χ3v) is 5.96. The van der Waals surface area contributed by atoms with Gasteiger partial charge in [-0.2, -0.15) is 0 Å². The first-order chi connectivity index (χ1) is 15.1. The van der Waals surface area contributed by atoms with Crippen LogP contribution in [0.25, 0.3) is 11.3 Å². The highest BCUT2D eigenvalue weighted by Crippen LogP contribution is 2.43. The van der Waals surface area contributed by atoms with E-state index in [0.29, 0.717) is 24.5 Å². The number of hydrogen-bond donors (Lipinski definition) is 1. The standard InChI is InChI=1S/C24H27N3O4/c1-26(2)17-3-6-21-20(14-17)22(24(28)25-21)23-19-5-4-18(13-16(19)15-31-23)30-12-9-27-7-10-29-11-8-27/h3-6,13-14H,7-12,15H2,1-2H3,(H,25,28). The zero-order chi connectivity index (χ0) is 21.4. The van der Waals surface area contributed by atoms with Crippen LogP contribution in [0.4, 0.5) is 11.4 Å². The number of nitrogens with one attached hydrogen (secondary N) is 1. The van der Waals surface area contributed by atoms with Gasteiger partial charge in [0.05, 0.1) is 18.8 Å². The monoisotopic (exact) mass is 421 g/mol. The lowest BCUT2D eigenvalue weighted by atomic mass is 10.00. The van der Waals surface area contributed by atoms with Crippen LogP contribution >= 0.6 is 0 Å². The van der Waals surface area contributed by atoms with Crippen LogP contribution in [0.1, 0.15) is 16.7 Å². The van der Waals surface area contributed by atoms with Gasteiger partial charge in [0.15, 0.2) is 0 Å². The SMILES string of the molecule is CN(C)c1ccc2c(c1)C(=C1OCc3cc(OCCN4CCOCC4)ccc31)C(=O)N2. The van der Waals surface area contributed by atoms with Crippen molar-refractivity contribution in [1.82, 2.24) is 4.90 Å². The van der Waals surface area contributed by atoms with Crippen LogP contribution in [0.2, 0.25) is 0 Å². The molecule has 0 aliphatic carbocycles. The number of carbonyl (C=O) groups is 1. The van der Waals surface area contributed by atoms with Crippen molar-refractivity contribution in [2.24, 2.45) is 0 Å². The molecule has 7 nitrogen and oxygen atoms in total. The number of benzene rings is 2. The molecular formula is C24H27N3O4. The average molecular weight is 421 g/mol. The Kier molecular flexibility index (Phi) is 5.29. The van der Waals surface area contributed by atoms with Gasteiger partial charge in [-0.1, -0.05) is 0 Å². The molecule has 0 radical (unpaired) electrons. The summed E-state index contributed by atoms with van der Waals surface area (Å²) in [5.74, 6) is 1.34. The molecule has 1 amide bonds. The Morgan fingerprint density at radius 3 is 2.74 bits per heavy atom. The summed E-state index contributed by atoms with van der Waals surface area (Å²) in [5.41, 5.74) is 5.32. The number of carbonyl (C=O) groups excluding carboxylic acids is 1. The van der Waals surface area contributed by atoms with Crippen molar-refractivity contribution >= 4 is 28.6 Å². The third-order valence-electron chi connectivity index (χ3n) is 5.96. The van der Waals surface area contributed by atoms with Crippen molar-refractivity contribution in [3.8, 4) is 5.75 Å². The van der Waals surface area contributed by atoms with Gasteiger partial charge in [0.25, 0.3) is 5.91 Å². The maximum atomic E-state index is 12.8. The second-order valence-corrected chi connectivity index (χ2v) is 8.19. The first-order valence-corrected chi connectivity index (χ1v) is 10.7. The summed E-state index contributed by atoms with van der Waals surface area (Å²) < 4.78 is 17.4. The fourth-order valence-corrected chi connectivity index (χ4v) is 4.21. The molecule has 0 aromatic heterocycles. The number of ether oxygens (including phenoxy) is 3. The van der Waals surface area contributed by atoms with E-state index in [2.05, 4.69) is 10.2 Å². The number of rotatable bonds is 5. The Labute approximate surface area is 182 Å². The van der Waals surface area contributed by atoms with Crippen LogP contribution in [0.15, 0.2) is 36.4 Å². The molecule has 3 heterocycles. The number of fused-ring (bicyclic) bond motifs is 2. The van der Waals surface area contributed by atoms with Crippen molar-refractivity contribution in [2.45, 2.75) is 6.61 Å². The minimum atomic E-state index is -0.125. The first-order valence-electron chi connectivity index (χ1n) is 10.7. The van der Waals surface area contributed by atoms with E-state index in [1.165, 1.54) is 0 Å². The highest BCUT2D eigenvalue weighted by Gasteiger charge is 2.33. The summed E-state index contributed by atoms with van der Waals surface area (Å²) in [6.45, 7) is 5.45. The number of hydrogen-bond acceptors (Lipinski definition) is 6. The van der Waals surface area contributed by atoms with E-state index in [0.717, 1.165) is 66.7 Å². The Hall–Kier alpha value is -3.03. The molecular weight excluding hydrogens is 394 g/mol. The van der Waals surface area contributed by atoms with Crippen molar-refractivity contribution < 1.29 is 19.0 Å². The van der Waals surface area contributed by atoms with E-state index in [9.17, 15) is 4.79 Å². The molecule has 5 rings (SSSR count). The molecule has 0 unspecified atom stereocenters. The van der Waals surface area contributed by atoms with E-state index >= 15 is 0 Å². The molecule has 0 spiro atoms. The van der Waals surface area contributed by atoms with Gasteiger partial charge in [0.2, 0.25) is 0 Å². The molecule has 0 bridgehead atoms. The largest absolute Gasteiger partial charge is 0.492 e. The van der Waals surface area contributed by atoms with Gasteiger partial charge >= 0.3 is 0 Å². The van der Waals surface area contributed by atoms with Crippen LogP contribution < -0.4 is 15.0 Å². The molecule has 31 heavy (non-hydrogen) atoms. The van der Waals surface area contributed by atoms with E-state index < -0.39 is 0 Å². The molecule has 2 aromatic rings. The smallest absolute Gasteiger partial charge is 0.260 e.